The molecule has 1 aliphatic heterocycles. The van der Waals surface area contributed by atoms with E-state index >= 15 is 0 Å². The summed E-state index contributed by atoms with van der Waals surface area (Å²) in [7, 11) is -1.96. The van der Waals surface area contributed by atoms with Gasteiger partial charge in [-0.25, -0.2) is 8.42 Å². The lowest BCUT2D eigenvalue weighted by molar-refractivity contribution is -0.122. The van der Waals surface area contributed by atoms with Crippen LogP contribution in [0.25, 0.3) is 0 Å². The molecule has 29 heavy (non-hydrogen) atoms. The molecule has 0 aliphatic carbocycles. The third-order valence-corrected chi connectivity index (χ3v) is 6.73. The number of hydrogen-bond acceptors (Lipinski definition) is 5. The van der Waals surface area contributed by atoms with E-state index < -0.39 is 16.1 Å². The van der Waals surface area contributed by atoms with Crippen molar-refractivity contribution in [2.75, 3.05) is 25.5 Å². The van der Waals surface area contributed by atoms with Gasteiger partial charge in [0, 0.05) is 18.8 Å². The first-order valence-corrected chi connectivity index (χ1v) is 11.1. The molecule has 1 unspecified atom stereocenters. The predicted molar refractivity (Wildman–Crippen MR) is 111 cm³/mol. The Morgan fingerprint density at radius 2 is 1.62 bits per heavy atom. The Bertz CT molecular complexity index is 938. The SMILES string of the molecule is COc1ccccc1OC(C)C(=O)Nc1ccc(S(=O)(=O)N2CCCCC2)cc1. The lowest BCUT2D eigenvalue weighted by atomic mass is 10.2. The predicted octanol–water partition coefficient (Wildman–Crippen LogP) is 3.28. The van der Waals surface area contributed by atoms with Gasteiger partial charge in [0.05, 0.1) is 12.0 Å². The van der Waals surface area contributed by atoms with E-state index in [2.05, 4.69) is 5.32 Å². The highest BCUT2D eigenvalue weighted by atomic mass is 32.2. The van der Waals surface area contributed by atoms with Crippen molar-refractivity contribution in [1.82, 2.24) is 4.31 Å². The smallest absolute Gasteiger partial charge is 0.265 e. The zero-order chi connectivity index (χ0) is 20.9. The molecule has 1 aliphatic rings. The number of sulfonamides is 1. The summed E-state index contributed by atoms with van der Waals surface area (Å²) >= 11 is 0. The molecular formula is C21H26N2O5S. The number of para-hydroxylation sites is 2. The molecule has 2 aromatic carbocycles. The first-order chi connectivity index (χ1) is 13.9. The van der Waals surface area contributed by atoms with Crippen LogP contribution in [0.1, 0.15) is 26.2 Å². The standard InChI is InChI=1S/C21H26N2O5S/c1-16(28-20-9-5-4-8-19(20)27-2)21(24)22-17-10-12-18(13-11-17)29(25,26)23-14-6-3-7-15-23/h4-5,8-13,16H,3,6-7,14-15H2,1-2H3,(H,22,24). The van der Waals surface area contributed by atoms with Gasteiger partial charge in [-0.05, 0) is 56.2 Å². The van der Waals surface area contributed by atoms with E-state index in [-0.39, 0.29) is 10.8 Å². The maximum absolute atomic E-state index is 12.7. The second kappa shape index (κ2) is 9.28. The largest absolute Gasteiger partial charge is 0.493 e. The van der Waals surface area contributed by atoms with Crippen LogP contribution in [0.5, 0.6) is 11.5 Å². The molecular weight excluding hydrogens is 392 g/mol. The number of piperidine rings is 1. The molecule has 7 nitrogen and oxygen atoms in total. The zero-order valence-corrected chi connectivity index (χ0v) is 17.4. The second-order valence-corrected chi connectivity index (χ2v) is 8.83. The third-order valence-electron chi connectivity index (χ3n) is 4.82. The number of rotatable bonds is 7. The molecule has 0 bridgehead atoms. The molecule has 0 spiro atoms. The number of benzene rings is 2. The Balaban J connectivity index is 1.63. The van der Waals surface area contributed by atoms with E-state index in [1.165, 1.54) is 23.5 Å². The van der Waals surface area contributed by atoms with E-state index in [0.717, 1.165) is 19.3 Å². The molecule has 1 amide bonds. The molecule has 0 radical (unpaired) electrons. The minimum Gasteiger partial charge on any atom is -0.493 e. The molecule has 156 valence electrons. The number of amides is 1. The summed E-state index contributed by atoms with van der Waals surface area (Å²) in [6, 6.07) is 13.3. The Labute approximate surface area is 171 Å². The van der Waals surface area contributed by atoms with Gasteiger partial charge in [-0.2, -0.15) is 4.31 Å². The topological polar surface area (TPSA) is 84.9 Å². The van der Waals surface area contributed by atoms with Crippen LogP contribution in [0.2, 0.25) is 0 Å². The van der Waals surface area contributed by atoms with Gasteiger partial charge in [-0.15, -0.1) is 0 Å². The van der Waals surface area contributed by atoms with Gasteiger partial charge >= 0.3 is 0 Å². The second-order valence-electron chi connectivity index (χ2n) is 6.89. The molecule has 1 N–H and O–H groups in total. The van der Waals surface area contributed by atoms with Crippen LogP contribution in [-0.4, -0.2) is 44.9 Å². The lowest BCUT2D eigenvalue weighted by Crippen LogP contribution is -2.35. The first kappa shape index (κ1) is 21.1. The van der Waals surface area contributed by atoms with Crippen LogP contribution in [0.4, 0.5) is 5.69 Å². The summed E-state index contributed by atoms with van der Waals surface area (Å²) in [5.41, 5.74) is 0.503. The normalized spacial score (nSPS) is 16.1. The van der Waals surface area contributed by atoms with Gasteiger partial charge in [0.2, 0.25) is 10.0 Å². The van der Waals surface area contributed by atoms with E-state index in [4.69, 9.17) is 9.47 Å². The third kappa shape index (κ3) is 5.07. The number of anilines is 1. The van der Waals surface area contributed by atoms with Crippen molar-refractivity contribution in [3.05, 3.63) is 48.5 Å². The minimum absolute atomic E-state index is 0.232. The molecule has 0 aromatic heterocycles. The summed E-state index contributed by atoms with van der Waals surface area (Å²) in [6.07, 6.45) is 2.07. The summed E-state index contributed by atoms with van der Waals surface area (Å²) in [5.74, 6) is 0.669. The van der Waals surface area contributed by atoms with Gasteiger partial charge in [-0.1, -0.05) is 18.6 Å². The zero-order valence-electron chi connectivity index (χ0n) is 16.6. The van der Waals surface area contributed by atoms with Crippen LogP contribution < -0.4 is 14.8 Å². The molecule has 1 fully saturated rings. The van der Waals surface area contributed by atoms with Crippen molar-refractivity contribution in [2.24, 2.45) is 0 Å². The van der Waals surface area contributed by atoms with E-state index in [1.54, 1.807) is 37.3 Å². The maximum atomic E-state index is 12.7. The minimum atomic E-state index is -3.49. The fraction of sp³-hybridized carbons (Fsp3) is 0.381. The molecule has 1 heterocycles. The van der Waals surface area contributed by atoms with Crippen molar-refractivity contribution in [1.29, 1.82) is 0 Å². The highest BCUT2D eigenvalue weighted by Crippen LogP contribution is 2.27. The molecule has 8 heteroatoms. The summed E-state index contributed by atoms with van der Waals surface area (Å²) in [4.78, 5) is 12.7. The van der Waals surface area contributed by atoms with Crippen LogP contribution in [0.15, 0.2) is 53.4 Å². The Morgan fingerprint density at radius 1 is 1.00 bits per heavy atom. The van der Waals surface area contributed by atoms with Gasteiger partial charge in [0.15, 0.2) is 17.6 Å². The Hall–Kier alpha value is -2.58. The van der Waals surface area contributed by atoms with Crippen LogP contribution in [-0.2, 0) is 14.8 Å². The summed E-state index contributed by atoms with van der Waals surface area (Å²) in [5, 5.41) is 2.74. The highest BCUT2D eigenvalue weighted by molar-refractivity contribution is 7.89. The van der Waals surface area contributed by atoms with E-state index in [0.29, 0.717) is 30.3 Å². The van der Waals surface area contributed by atoms with Gasteiger partial charge in [0.1, 0.15) is 0 Å². The molecule has 0 saturated carbocycles. The van der Waals surface area contributed by atoms with Crippen molar-refractivity contribution >= 4 is 21.6 Å². The average Bonchev–Trinajstić information content (AvgIpc) is 2.75. The fourth-order valence-electron chi connectivity index (χ4n) is 3.17. The summed E-state index contributed by atoms with van der Waals surface area (Å²) in [6.45, 7) is 2.74. The van der Waals surface area contributed by atoms with Crippen LogP contribution in [0, 0.1) is 0 Å². The average molecular weight is 419 g/mol. The number of nitrogens with one attached hydrogen (secondary N) is 1. The van der Waals surface area contributed by atoms with Crippen molar-refractivity contribution in [3.63, 3.8) is 0 Å². The summed E-state index contributed by atoms with van der Waals surface area (Å²) < 4.78 is 37.8. The lowest BCUT2D eigenvalue weighted by Gasteiger charge is -2.25. The van der Waals surface area contributed by atoms with Crippen molar-refractivity contribution < 1.29 is 22.7 Å². The number of carbonyl (C=O) groups excluding carboxylic acids is 1. The molecule has 1 saturated heterocycles. The Kier molecular flexibility index (Phi) is 6.76. The van der Waals surface area contributed by atoms with Crippen LogP contribution in [0.3, 0.4) is 0 Å². The fourth-order valence-corrected chi connectivity index (χ4v) is 4.69. The molecule has 3 rings (SSSR count). The quantitative estimate of drug-likeness (QED) is 0.746. The monoisotopic (exact) mass is 418 g/mol. The van der Waals surface area contributed by atoms with E-state index in [1.807, 2.05) is 6.07 Å². The van der Waals surface area contributed by atoms with Gasteiger partial charge in [0.25, 0.3) is 5.91 Å². The molecule has 2 aromatic rings. The number of carbonyl (C=O) groups is 1. The highest BCUT2D eigenvalue weighted by Gasteiger charge is 2.26. The van der Waals surface area contributed by atoms with E-state index in [9.17, 15) is 13.2 Å². The maximum Gasteiger partial charge on any atom is 0.265 e. The Morgan fingerprint density at radius 3 is 2.24 bits per heavy atom. The number of ether oxygens (including phenoxy) is 2. The van der Waals surface area contributed by atoms with Gasteiger partial charge < -0.3 is 14.8 Å². The van der Waals surface area contributed by atoms with Crippen LogP contribution >= 0.6 is 0 Å². The van der Waals surface area contributed by atoms with Crippen molar-refractivity contribution in [3.8, 4) is 11.5 Å². The first-order valence-electron chi connectivity index (χ1n) is 9.62. The number of nitrogens with zero attached hydrogens (tertiary/aromatic N) is 1. The molecule has 1 atom stereocenters. The van der Waals surface area contributed by atoms with Crippen molar-refractivity contribution in [2.45, 2.75) is 37.2 Å². The number of hydrogen-bond donors (Lipinski definition) is 1. The number of methoxy groups -OCH3 is 1. The van der Waals surface area contributed by atoms with Gasteiger partial charge in [-0.3, -0.25) is 4.79 Å².